The molecule has 6 rings (SSSR count). The molecule has 0 saturated heterocycles. The van der Waals surface area contributed by atoms with Crippen LogP contribution in [-0.2, 0) is 4.79 Å². The molecule has 4 aliphatic carbocycles. The Bertz CT molecular complexity index is 1120. The summed E-state index contributed by atoms with van der Waals surface area (Å²) in [5.74, 6) is 3.66. The highest BCUT2D eigenvalue weighted by Crippen LogP contribution is 2.64. The molecule has 174 valence electrons. The van der Waals surface area contributed by atoms with Crippen molar-refractivity contribution in [3.63, 3.8) is 0 Å². The molecule has 0 aliphatic heterocycles. The van der Waals surface area contributed by atoms with Gasteiger partial charge in [0.15, 0.2) is 0 Å². The number of rotatable bonds is 3. The average molecular weight is 461 g/mol. The number of hydrogen-bond donors (Lipinski definition) is 1. The van der Waals surface area contributed by atoms with Gasteiger partial charge in [0, 0.05) is 23.5 Å². The van der Waals surface area contributed by atoms with Gasteiger partial charge in [0.05, 0.1) is 6.10 Å². The zero-order chi connectivity index (χ0) is 22.8. The highest BCUT2D eigenvalue weighted by molar-refractivity contribution is 7.99. The maximum absolute atomic E-state index is 12.4. The van der Waals surface area contributed by atoms with Crippen LogP contribution >= 0.6 is 11.8 Å². The lowest BCUT2D eigenvalue weighted by molar-refractivity contribution is -0.118. The monoisotopic (exact) mass is 460 g/mol. The van der Waals surface area contributed by atoms with Crippen molar-refractivity contribution in [3.05, 3.63) is 54.1 Å². The van der Waals surface area contributed by atoms with Crippen molar-refractivity contribution < 1.29 is 9.90 Å². The van der Waals surface area contributed by atoms with E-state index in [1.54, 1.807) is 0 Å². The Balaban J connectivity index is 1.21. The van der Waals surface area contributed by atoms with Crippen molar-refractivity contribution in [3.8, 4) is 0 Å². The van der Waals surface area contributed by atoms with Gasteiger partial charge < -0.3 is 5.11 Å². The number of aliphatic hydroxyl groups is 1. The van der Waals surface area contributed by atoms with E-state index >= 15 is 0 Å². The van der Waals surface area contributed by atoms with E-state index in [0.717, 1.165) is 37.9 Å². The van der Waals surface area contributed by atoms with Crippen LogP contribution in [0.1, 0.15) is 58.8 Å². The predicted octanol–water partition coefficient (Wildman–Crippen LogP) is 7.05. The average Bonchev–Trinajstić information content (AvgIpc) is 3.12. The molecule has 7 atom stereocenters. The Labute approximate surface area is 202 Å². The summed E-state index contributed by atoms with van der Waals surface area (Å²) < 4.78 is 0. The summed E-state index contributed by atoms with van der Waals surface area (Å²) in [6.07, 6.45) is 9.33. The van der Waals surface area contributed by atoms with Crippen molar-refractivity contribution >= 4 is 28.3 Å². The number of thioether (sulfide) groups is 1. The molecule has 0 spiro atoms. The number of carbonyl (C=O) groups excluding carboxylic acids is 1. The number of aliphatic hydroxyl groups excluding tert-OH is 1. The zero-order valence-corrected chi connectivity index (χ0v) is 20.7. The first-order chi connectivity index (χ1) is 15.9. The third kappa shape index (κ3) is 3.62. The van der Waals surface area contributed by atoms with E-state index in [1.165, 1.54) is 34.1 Å². The maximum Gasteiger partial charge on any atom is 0.133 e. The van der Waals surface area contributed by atoms with Crippen LogP contribution in [0, 0.1) is 34.5 Å². The molecule has 4 aliphatic rings. The van der Waals surface area contributed by atoms with Gasteiger partial charge in [0.2, 0.25) is 0 Å². The first-order valence-electron chi connectivity index (χ1n) is 12.9. The van der Waals surface area contributed by atoms with Crippen LogP contribution in [0.3, 0.4) is 0 Å². The van der Waals surface area contributed by atoms with Gasteiger partial charge in [-0.25, -0.2) is 0 Å². The van der Waals surface area contributed by atoms with Gasteiger partial charge in [0.1, 0.15) is 5.78 Å². The lowest BCUT2D eigenvalue weighted by atomic mass is 9.47. The lowest BCUT2D eigenvalue weighted by Crippen LogP contribution is -2.51. The molecule has 3 fully saturated rings. The van der Waals surface area contributed by atoms with E-state index in [2.05, 4.69) is 62.4 Å². The molecule has 2 aromatic rings. The lowest BCUT2D eigenvalue weighted by Gasteiger charge is -2.58. The van der Waals surface area contributed by atoms with Crippen molar-refractivity contribution in [1.82, 2.24) is 0 Å². The quantitative estimate of drug-likeness (QED) is 0.394. The number of fused-ring (bicyclic) bond motifs is 6. The first-order valence-corrected chi connectivity index (χ1v) is 13.9. The highest BCUT2D eigenvalue weighted by atomic mass is 32.2. The van der Waals surface area contributed by atoms with E-state index in [1.807, 2.05) is 11.8 Å². The van der Waals surface area contributed by atoms with E-state index in [-0.39, 0.29) is 16.9 Å². The molecule has 2 nitrogen and oxygen atoms in total. The fourth-order valence-electron chi connectivity index (χ4n) is 8.24. The third-order valence-electron chi connectivity index (χ3n) is 10.0. The molecule has 3 heteroatoms. The van der Waals surface area contributed by atoms with Gasteiger partial charge in [-0.05, 0) is 89.5 Å². The molecule has 1 N–H and O–H groups in total. The predicted molar refractivity (Wildman–Crippen MR) is 136 cm³/mol. The number of Topliss-reactive ketones (excluding diaryl/α,β-unsaturated/α-hetero) is 1. The van der Waals surface area contributed by atoms with Crippen LogP contribution in [0.5, 0.6) is 0 Å². The minimum Gasteiger partial charge on any atom is -0.392 e. The van der Waals surface area contributed by atoms with E-state index in [9.17, 15) is 9.90 Å². The standard InChI is InChI=1S/C30H36O2S/c1-29-12-11-26-25(27(29)15-23(31)17-29)10-8-22-14-28(32)21(16-30(22,26)2)18-33-24-9-7-19-5-3-4-6-20(19)13-24/h3-9,13,21,25-28,32H,10-12,14-18H2,1-2H3/t21?,25-,26+,27+,28-,29-,30+/m1/s1. The fourth-order valence-corrected chi connectivity index (χ4v) is 9.36. The molecule has 0 bridgehead atoms. The Kier molecular flexibility index (Phi) is 5.30. The van der Waals surface area contributed by atoms with Gasteiger partial charge in [-0.3, -0.25) is 4.79 Å². The van der Waals surface area contributed by atoms with Crippen molar-refractivity contribution in [2.45, 2.75) is 69.8 Å². The molecule has 2 aromatic carbocycles. The van der Waals surface area contributed by atoms with Crippen molar-refractivity contribution in [2.24, 2.45) is 34.5 Å². The molecule has 3 saturated carbocycles. The van der Waals surface area contributed by atoms with Crippen LogP contribution in [0.15, 0.2) is 59.0 Å². The molecule has 33 heavy (non-hydrogen) atoms. The van der Waals surface area contributed by atoms with Crippen molar-refractivity contribution in [1.29, 1.82) is 0 Å². The molecular formula is C30H36O2S. The summed E-state index contributed by atoms with van der Waals surface area (Å²) in [7, 11) is 0. The van der Waals surface area contributed by atoms with Gasteiger partial charge in [0.25, 0.3) is 0 Å². The fraction of sp³-hybridized carbons (Fsp3) is 0.567. The Morgan fingerprint density at radius 2 is 1.88 bits per heavy atom. The minimum atomic E-state index is -0.240. The number of carbonyl (C=O) groups is 1. The van der Waals surface area contributed by atoms with Gasteiger partial charge in [-0.1, -0.05) is 55.8 Å². The van der Waals surface area contributed by atoms with Gasteiger partial charge in [-0.2, -0.15) is 0 Å². The van der Waals surface area contributed by atoms with Crippen LogP contribution in [0.25, 0.3) is 10.8 Å². The Morgan fingerprint density at radius 3 is 2.73 bits per heavy atom. The maximum atomic E-state index is 12.4. The second kappa shape index (κ2) is 7.99. The molecule has 0 aromatic heterocycles. The first kappa shape index (κ1) is 21.9. The highest BCUT2D eigenvalue weighted by Gasteiger charge is 2.58. The normalized spacial score (nSPS) is 40.2. The number of allylic oxidation sites excluding steroid dienone is 1. The summed E-state index contributed by atoms with van der Waals surface area (Å²) >= 11 is 1.90. The van der Waals surface area contributed by atoms with E-state index < -0.39 is 0 Å². The van der Waals surface area contributed by atoms with Gasteiger partial charge in [-0.15, -0.1) is 11.8 Å². The summed E-state index contributed by atoms with van der Waals surface area (Å²) in [4.78, 5) is 13.7. The second-order valence-electron chi connectivity index (χ2n) is 11.9. The molecule has 1 unspecified atom stereocenters. The number of benzene rings is 2. The second-order valence-corrected chi connectivity index (χ2v) is 13.0. The zero-order valence-electron chi connectivity index (χ0n) is 19.9. The van der Waals surface area contributed by atoms with Crippen LogP contribution < -0.4 is 0 Å². The van der Waals surface area contributed by atoms with Crippen LogP contribution in [-0.4, -0.2) is 22.7 Å². The summed E-state index contributed by atoms with van der Waals surface area (Å²) in [6.45, 7) is 4.88. The van der Waals surface area contributed by atoms with Gasteiger partial charge >= 0.3 is 0 Å². The topological polar surface area (TPSA) is 37.3 Å². The SMILES string of the molecule is C[C@]12CC[C@H]3[C@@H](CC=C4C[C@@H](O)C(CSc5ccc6ccccc6c5)C[C@@]43C)[C@@H]1CC(=O)C2. The van der Waals surface area contributed by atoms with E-state index in [4.69, 9.17) is 0 Å². The Morgan fingerprint density at radius 1 is 1.06 bits per heavy atom. The molecule has 0 heterocycles. The third-order valence-corrected chi connectivity index (χ3v) is 11.2. The van der Waals surface area contributed by atoms with Crippen LogP contribution in [0.2, 0.25) is 0 Å². The molecule has 0 amide bonds. The summed E-state index contributed by atoms with van der Waals surface area (Å²) in [6, 6.07) is 15.3. The minimum absolute atomic E-state index is 0.184. The van der Waals surface area contributed by atoms with Crippen molar-refractivity contribution in [2.75, 3.05) is 5.75 Å². The number of hydrogen-bond acceptors (Lipinski definition) is 3. The molecular weight excluding hydrogens is 424 g/mol. The molecule has 0 radical (unpaired) electrons. The van der Waals surface area contributed by atoms with Crippen LogP contribution in [0.4, 0.5) is 0 Å². The number of ketones is 1. The summed E-state index contributed by atoms with van der Waals surface area (Å²) in [5.41, 5.74) is 1.93. The summed E-state index contributed by atoms with van der Waals surface area (Å²) in [5, 5.41) is 13.7. The van der Waals surface area contributed by atoms with E-state index in [0.29, 0.717) is 29.5 Å². The smallest absolute Gasteiger partial charge is 0.133 e. The Hall–Kier alpha value is -1.58. The largest absolute Gasteiger partial charge is 0.392 e.